The van der Waals surface area contributed by atoms with Gasteiger partial charge in [-0.15, -0.1) is 0 Å². The smallest absolute Gasteiger partial charge is 0.341 e. The number of benzene rings is 1. The van der Waals surface area contributed by atoms with Gasteiger partial charge in [-0.25, -0.2) is 22.4 Å². The normalized spacial score (nSPS) is 10.1. The molecule has 80 valence electrons. The van der Waals surface area contributed by atoms with Crippen LogP contribution in [-0.2, 0) is 0 Å². The van der Waals surface area contributed by atoms with Crippen molar-refractivity contribution in [3.63, 3.8) is 0 Å². The standard InChI is InChI=1S/C8H3F4NO2/c1-13-7-5(11)3(9)2(8(14)15)4(10)6(7)12/h1H2,(H,14,15). The van der Waals surface area contributed by atoms with E-state index in [1.807, 2.05) is 0 Å². The van der Waals surface area contributed by atoms with E-state index in [4.69, 9.17) is 5.11 Å². The molecule has 0 heterocycles. The third-order valence-electron chi connectivity index (χ3n) is 1.61. The number of hydrogen-bond donors (Lipinski definition) is 1. The molecule has 0 fully saturated rings. The predicted molar refractivity (Wildman–Crippen MR) is 42.4 cm³/mol. The lowest BCUT2D eigenvalue weighted by Crippen LogP contribution is -2.09. The van der Waals surface area contributed by atoms with Crippen LogP contribution in [0.5, 0.6) is 0 Å². The molecule has 0 saturated carbocycles. The maximum absolute atomic E-state index is 12.9. The summed E-state index contributed by atoms with van der Waals surface area (Å²) in [4.78, 5) is 13.0. The van der Waals surface area contributed by atoms with Gasteiger partial charge in [-0.1, -0.05) is 0 Å². The Balaban J connectivity index is 3.74. The molecule has 0 saturated heterocycles. The molecule has 0 unspecified atom stereocenters. The number of nitrogens with zero attached hydrogens (tertiary/aromatic N) is 1. The van der Waals surface area contributed by atoms with Gasteiger partial charge in [-0.05, 0) is 6.72 Å². The van der Waals surface area contributed by atoms with E-state index in [0.717, 1.165) is 0 Å². The Morgan fingerprint density at radius 2 is 1.47 bits per heavy atom. The van der Waals surface area contributed by atoms with Gasteiger partial charge in [0.1, 0.15) is 11.3 Å². The average molecular weight is 221 g/mol. The molecular weight excluding hydrogens is 218 g/mol. The first kappa shape index (κ1) is 11.2. The van der Waals surface area contributed by atoms with Gasteiger partial charge in [-0.3, -0.25) is 4.99 Å². The Bertz CT molecular complexity index is 429. The number of carbonyl (C=O) groups is 1. The second-order valence-electron chi connectivity index (χ2n) is 2.44. The molecular formula is C8H3F4NO2. The Morgan fingerprint density at radius 3 is 1.73 bits per heavy atom. The lowest BCUT2D eigenvalue weighted by Gasteiger charge is -2.05. The summed E-state index contributed by atoms with van der Waals surface area (Å²) in [5.41, 5.74) is -2.98. The van der Waals surface area contributed by atoms with Gasteiger partial charge in [0.05, 0.1) is 0 Å². The van der Waals surface area contributed by atoms with Crippen LogP contribution in [0.1, 0.15) is 10.4 Å². The summed E-state index contributed by atoms with van der Waals surface area (Å²) < 4.78 is 51.6. The molecule has 0 aliphatic carbocycles. The largest absolute Gasteiger partial charge is 0.477 e. The molecule has 15 heavy (non-hydrogen) atoms. The molecule has 0 atom stereocenters. The average Bonchev–Trinajstić information content (AvgIpc) is 2.16. The number of rotatable bonds is 2. The number of halogens is 4. The summed E-state index contributed by atoms with van der Waals surface area (Å²) in [6, 6.07) is 0. The quantitative estimate of drug-likeness (QED) is 0.473. The molecule has 1 aromatic rings. The molecule has 7 heteroatoms. The predicted octanol–water partition coefficient (Wildman–Crippen LogP) is 2.27. The fraction of sp³-hybridized carbons (Fsp3) is 0. The lowest BCUT2D eigenvalue weighted by atomic mass is 10.1. The van der Waals surface area contributed by atoms with Gasteiger partial charge in [0.25, 0.3) is 0 Å². The van der Waals surface area contributed by atoms with Gasteiger partial charge in [-0.2, -0.15) is 0 Å². The van der Waals surface area contributed by atoms with Crippen molar-refractivity contribution in [3.05, 3.63) is 28.8 Å². The minimum absolute atomic E-state index is 1.28. The molecule has 0 radical (unpaired) electrons. The minimum Gasteiger partial charge on any atom is -0.477 e. The van der Waals surface area contributed by atoms with Crippen LogP contribution in [-0.4, -0.2) is 17.8 Å². The molecule has 1 aromatic carbocycles. The fourth-order valence-electron chi connectivity index (χ4n) is 0.947. The Hall–Kier alpha value is -1.92. The molecule has 1 rings (SSSR count). The van der Waals surface area contributed by atoms with Crippen molar-refractivity contribution in [1.82, 2.24) is 0 Å². The van der Waals surface area contributed by atoms with E-state index in [2.05, 4.69) is 11.7 Å². The number of carboxylic acid groups (broad SMARTS) is 1. The highest BCUT2D eigenvalue weighted by Crippen LogP contribution is 2.29. The summed E-state index contributed by atoms with van der Waals surface area (Å²) in [5, 5.41) is 8.30. The van der Waals surface area contributed by atoms with Gasteiger partial charge < -0.3 is 5.11 Å². The van der Waals surface area contributed by atoms with Crippen molar-refractivity contribution in [2.24, 2.45) is 4.99 Å². The number of aromatic carboxylic acids is 1. The fourth-order valence-corrected chi connectivity index (χ4v) is 0.947. The van der Waals surface area contributed by atoms with Crippen LogP contribution in [0.3, 0.4) is 0 Å². The Kier molecular flexibility index (Phi) is 2.74. The molecule has 0 aromatic heterocycles. The van der Waals surface area contributed by atoms with Crippen molar-refractivity contribution in [2.45, 2.75) is 0 Å². The SMILES string of the molecule is C=Nc1c(F)c(F)c(C(=O)O)c(F)c1F. The van der Waals surface area contributed by atoms with Crippen molar-refractivity contribution < 1.29 is 27.5 Å². The topological polar surface area (TPSA) is 49.7 Å². The molecule has 0 spiro atoms. The molecule has 3 nitrogen and oxygen atoms in total. The van der Waals surface area contributed by atoms with Crippen LogP contribution < -0.4 is 0 Å². The van der Waals surface area contributed by atoms with Crippen molar-refractivity contribution in [3.8, 4) is 0 Å². The second-order valence-corrected chi connectivity index (χ2v) is 2.44. The van der Waals surface area contributed by atoms with E-state index in [0.29, 0.717) is 0 Å². The van der Waals surface area contributed by atoms with E-state index in [9.17, 15) is 22.4 Å². The number of aliphatic imine (C=N–C) groups is 1. The van der Waals surface area contributed by atoms with Crippen LogP contribution in [0.25, 0.3) is 0 Å². The van der Waals surface area contributed by atoms with Crippen LogP contribution in [0.4, 0.5) is 23.2 Å². The number of hydrogen-bond acceptors (Lipinski definition) is 2. The first-order chi connectivity index (χ1) is 6.91. The van der Waals surface area contributed by atoms with E-state index in [1.54, 1.807) is 0 Å². The molecule has 0 aliphatic rings. The Morgan fingerprint density at radius 1 is 1.07 bits per heavy atom. The van der Waals surface area contributed by atoms with E-state index >= 15 is 0 Å². The van der Waals surface area contributed by atoms with Gasteiger partial charge >= 0.3 is 5.97 Å². The van der Waals surface area contributed by atoms with Crippen LogP contribution in [0, 0.1) is 23.3 Å². The highest BCUT2D eigenvalue weighted by Gasteiger charge is 2.28. The summed E-state index contributed by atoms with van der Waals surface area (Å²) in [6.07, 6.45) is 0. The third-order valence-corrected chi connectivity index (χ3v) is 1.61. The summed E-state index contributed by atoms with van der Waals surface area (Å²) in [5.74, 6) is -9.91. The van der Waals surface area contributed by atoms with Crippen molar-refractivity contribution in [1.29, 1.82) is 0 Å². The maximum Gasteiger partial charge on any atom is 0.341 e. The maximum atomic E-state index is 12.9. The molecule has 0 aliphatic heterocycles. The summed E-state index contributed by atoms with van der Waals surface area (Å²) in [6.45, 7) is 2.70. The molecule has 0 bridgehead atoms. The van der Waals surface area contributed by atoms with E-state index < -0.39 is 40.5 Å². The zero-order valence-corrected chi connectivity index (χ0v) is 7.02. The Labute approximate surface area is 80.7 Å². The first-order valence-corrected chi connectivity index (χ1v) is 3.47. The van der Waals surface area contributed by atoms with Crippen LogP contribution in [0.2, 0.25) is 0 Å². The summed E-state index contributed by atoms with van der Waals surface area (Å²) in [7, 11) is 0. The highest BCUT2D eigenvalue weighted by atomic mass is 19.2. The summed E-state index contributed by atoms with van der Waals surface area (Å²) >= 11 is 0. The van der Waals surface area contributed by atoms with Gasteiger partial charge in [0.2, 0.25) is 0 Å². The van der Waals surface area contributed by atoms with Crippen LogP contribution in [0.15, 0.2) is 4.99 Å². The van der Waals surface area contributed by atoms with Crippen molar-refractivity contribution in [2.75, 3.05) is 0 Å². The molecule has 1 N–H and O–H groups in total. The monoisotopic (exact) mass is 221 g/mol. The lowest BCUT2D eigenvalue weighted by molar-refractivity contribution is 0.0683. The van der Waals surface area contributed by atoms with Crippen LogP contribution >= 0.6 is 0 Å². The zero-order valence-electron chi connectivity index (χ0n) is 7.02. The second kappa shape index (κ2) is 3.68. The molecule has 0 amide bonds. The number of carboxylic acids is 1. The minimum atomic E-state index is -2.11. The first-order valence-electron chi connectivity index (χ1n) is 3.47. The van der Waals surface area contributed by atoms with E-state index in [1.165, 1.54) is 0 Å². The third kappa shape index (κ3) is 1.56. The zero-order chi connectivity index (χ0) is 11.7. The van der Waals surface area contributed by atoms with Gasteiger partial charge in [0, 0.05) is 0 Å². The van der Waals surface area contributed by atoms with E-state index in [-0.39, 0.29) is 0 Å². The van der Waals surface area contributed by atoms with Crippen molar-refractivity contribution >= 4 is 18.4 Å². The van der Waals surface area contributed by atoms with Gasteiger partial charge in [0.15, 0.2) is 23.3 Å². The highest BCUT2D eigenvalue weighted by molar-refractivity contribution is 5.89.